The summed E-state index contributed by atoms with van der Waals surface area (Å²) in [6.07, 6.45) is 0.292. The molecule has 0 unspecified atom stereocenters. The number of nitrogens with zero attached hydrogens (tertiary/aromatic N) is 2. The number of aryl methyl sites for hydroxylation is 1. The summed E-state index contributed by atoms with van der Waals surface area (Å²) in [5, 5.41) is 0. The van der Waals surface area contributed by atoms with E-state index < -0.39 is 6.17 Å². The maximum Gasteiger partial charge on any atom is 0.265 e. The molecule has 1 amide bonds. The molecule has 5 nitrogen and oxygen atoms in total. The molecule has 0 aromatic carbocycles. The minimum absolute atomic E-state index is 0.345. The van der Waals surface area contributed by atoms with Gasteiger partial charge in [0.25, 0.3) is 5.91 Å². The van der Waals surface area contributed by atoms with Crippen LogP contribution in [0.25, 0.3) is 0 Å². The van der Waals surface area contributed by atoms with Crippen LogP contribution in [0.2, 0.25) is 0 Å². The van der Waals surface area contributed by atoms with Crippen molar-refractivity contribution in [1.29, 1.82) is 0 Å². The molecular formula is C12H17FN4O. The van der Waals surface area contributed by atoms with Gasteiger partial charge in [0.1, 0.15) is 12.0 Å². The third kappa shape index (κ3) is 2.76. The Morgan fingerprint density at radius 3 is 2.78 bits per heavy atom. The molecule has 0 aliphatic carbocycles. The first-order valence-electron chi connectivity index (χ1n) is 5.99. The van der Waals surface area contributed by atoms with Crippen molar-refractivity contribution < 1.29 is 9.18 Å². The molecular weight excluding hydrogens is 235 g/mol. The molecule has 6 heteroatoms. The number of alkyl halides is 1. The highest BCUT2D eigenvalue weighted by molar-refractivity contribution is 5.94. The van der Waals surface area contributed by atoms with Crippen LogP contribution in [0.15, 0.2) is 12.1 Å². The number of hydrogen-bond acceptors (Lipinski definition) is 4. The first kappa shape index (κ1) is 12.8. The van der Waals surface area contributed by atoms with Crippen LogP contribution in [-0.2, 0) is 0 Å². The van der Waals surface area contributed by atoms with Crippen molar-refractivity contribution in [3.8, 4) is 0 Å². The molecule has 0 atom stereocenters. The molecule has 18 heavy (non-hydrogen) atoms. The number of nitrogens with two attached hydrogens (primary N) is 1. The van der Waals surface area contributed by atoms with Crippen molar-refractivity contribution in [1.82, 2.24) is 10.4 Å². The Labute approximate surface area is 105 Å². The van der Waals surface area contributed by atoms with Crippen LogP contribution >= 0.6 is 0 Å². The number of carbonyl (C=O) groups is 1. The molecule has 3 N–H and O–H groups in total. The van der Waals surface area contributed by atoms with E-state index in [1.807, 2.05) is 11.8 Å². The van der Waals surface area contributed by atoms with Crippen molar-refractivity contribution in [2.45, 2.75) is 25.9 Å². The number of hydrogen-bond donors (Lipinski definition) is 2. The van der Waals surface area contributed by atoms with Gasteiger partial charge in [0.2, 0.25) is 0 Å². The second-order valence-corrected chi connectivity index (χ2v) is 4.49. The number of piperidine rings is 1. The number of halogens is 1. The van der Waals surface area contributed by atoms with Crippen molar-refractivity contribution in [2.75, 3.05) is 18.0 Å². The van der Waals surface area contributed by atoms with Gasteiger partial charge in [-0.1, -0.05) is 0 Å². The number of carbonyl (C=O) groups excluding carboxylic acids is 1. The van der Waals surface area contributed by atoms with E-state index in [1.54, 1.807) is 12.1 Å². The monoisotopic (exact) mass is 252 g/mol. The molecule has 1 saturated heterocycles. The lowest BCUT2D eigenvalue weighted by Gasteiger charge is -2.30. The molecule has 1 aliphatic heterocycles. The Kier molecular flexibility index (Phi) is 3.76. The van der Waals surface area contributed by atoms with E-state index in [0.717, 1.165) is 5.69 Å². The van der Waals surface area contributed by atoms with Crippen molar-refractivity contribution in [3.63, 3.8) is 0 Å². The number of nitrogen functional groups attached to an aromatic ring is 1. The standard InChI is InChI=1S/C12H17FN4O/c1-8-6-9(12(18)16-14)7-11(15-8)17-4-2-10(13)3-5-17/h6-7,10H,2-5,14H2,1H3,(H,16,18). The smallest absolute Gasteiger partial charge is 0.265 e. The molecule has 0 bridgehead atoms. The van der Waals surface area contributed by atoms with E-state index in [9.17, 15) is 9.18 Å². The number of hydrazine groups is 1. The normalized spacial score (nSPS) is 16.7. The zero-order chi connectivity index (χ0) is 13.1. The van der Waals surface area contributed by atoms with Gasteiger partial charge in [-0.05, 0) is 31.9 Å². The predicted molar refractivity (Wildman–Crippen MR) is 67.0 cm³/mol. The number of rotatable bonds is 2. The number of nitrogens with one attached hydrogen (secondary N) is 1. The summed E-state index contributed by atoms with van der Waals surface area (Å²) < 4.78 is 13.1. The molecule has 0 spiro atoms. The summed E-state index contributed by atoms with van der Waals surface area (Å²) >= 11 is 0. The van der Waals surface area contributed by atoms with Gasteiger partial charge in [-0.15, -0.1) is 0 Å². The second-order valence-electron chi connectivity index (χ2n) is 4.49. The number of anilines is 1. The van der Waals surface area contributed by atoms with Crippen molar-refractivity contribution >= 4 is 11.7 Å². The van der Waals surface area contributed by atoms with Crippen LogP contribution in [0.4, 0.5) is 10.2 Å². The average Bonchev–Trinajstić information content (AvgIpc) is 2.38. The van der Waals surface area contributed by atoms with Crippen molar-refractivity contribution in [2.24, 2.45) is 5.84 Å². The number of amides is 1. The van der Waals surface area contributed by atoms with Crippen LogP contribution in [0.1, 0.15) is 28.9 Å². The van der Waals surface area contributed by atoms with Crippen LogP contribution in [0, 0.1) is 6.92 Å². The van der Waals surface area contributed by atoms with Crippen molar-refractivity contribution in [3.05, 3.63) is 23.4 Å². The third-order valence-electron chi connectivity index (χ3n) is 3.08. The summed E-state index contributed by atoms with van der Waals surface area (Å²) in [5.74, 6) is 5.48. The second kappa shape index (κ2) is 5.30. The molecule has 1 aromatic heterocycles. The maximum atomic E-state index is 13.1. The minimum Gasteiger partial charge on any atom is -0.356 e. The number of pyridine rings is 1. The Morgan fingerprint density at radius 1 is 1.50 bits per heavy atom. The SMILES string of the molecule is Cc1cc(C(=O)NN)cc(N2CCC(F)CC2)n1. The molecule has 1 aliphatic rings. The molecule has 98 valence electrons. The van der Waals surface area contributed by atoms with Gasteiger partial charge in [-0.2, -0.15) is 0 Å². The van der Waals surface area contributed by atoms with Gasteiger partial charge in [0.15, 0.2) is 0 Å². The minimum atomic E-state index is -0.724. The van der Waals surface area contributed by atoms with E-state index in [0.29, 0.717) is 37.3 Å². The van der Waals surface area contributed by atoms with E-state index >= 15 is 0 Å². The lowest BCUT2D eigenvalue weighted by atomic mass is 10.1. The first-order valence-corrected chi connectivity index (χ1v) is 5.99. The zero-order valence-electron chi connectivity index (χ0n) is 10.3. The van der Waals surface area contributed by atoms with E-state index in [2.05, 4.69) is 10.4 Å². The Bertz CT molecular complexity index is 444. The van der Waals surface area contributed by atoms with Gasteiger partial charge >= 0.3 is 0 Å². The highest BCUT2D eigenvalue weighted by atomic mass is 19.1. The predicted octanol–water partition coefficient (Wildman–Crippen LogP) is 0.932. The fourth-order valence-electron chi connectivity index (χ4n) is 2.10. The third-order valence-corrected chi connectivity index (χ3v) is 3.08. The molecule has 1 aromatic rings. The highest BCUT2D eigenvalue weighted by Crippen LogP contribution is 2.21. The lowest BCUT2D eigenvalue weighted by Crippen LogP contribution is -2.35. The summed E-state index contributed by atoms with van der Waals surface area (Å²) in [5.41, 5.74) is 3.32. The average molecular weight is 252 g/mol. The van der Waals surface area contributed by atoms with Crippen LogP contribution < -0.4 is 16.2 Å². The molecule has 1 fully saturated rings. The largest absolute Gasteiger partial charge is 0.356 e. The summed E-state index contributed by atoms with van der Waals surface area (Å²) in [7, 11) is 0. The maximum absolute atomic E-state index is 13.1. The van der Waals surface area contributed by atoms with Gasteiger partial charge in [0, 0.05) is 24.3 Å². The van der Waals surface area contributed by atoms with E-state index in [-0.39, 0.29) is 5.91 Å². The molecule has 0 saturated carbocycles. The van der Waals surface area contributed by atoms with Crippen LogP contribution in [-0.4, -0.2) is 30.2 Å². The summed E-state index contributed by atoms with van der Waals surface area (Å²) in [6.45, 7) is 3.07. The highest BCUT2D eigenvalue weighted by Gasteiger charge is 2.20. The fraction of sp³-hybridized carbons (Fsp3) is 0.500. The van der Waals surface area contributed by atoms with E-state index in [1.165, 1.54) is 0 Å². The van der Waals surface area contributed by atoms with Gasteiger partial charge in [-0.25, -0.2) is 15.2 Å². The molecule has 0 radical (unpaired) electrons. The zero-order valence-corrected chi connectivity index (χ0v) is 10.3. The van der Waals surface area contributed by atoms with Gasteiger partial charge in [-0.3, -0.25) is 10.2 Å². The van der Waals surface area contributed by atoms with Gasteiger partial charge < -0.3 is 4.90 Å². The van der Waals surface area contributed by atoms with E-state index in [4.69, 9.17) is 5.84 Å². The Hall–Kier alpha value is -1.69. The van der Waals surface area contributed by atoms with Crippen LogP contribution in [0.5, 0.6) is 0 Å². The Morgan fingerprint density at radius 2 is 2.17 bits per heavy atom. The van der Waals surface area contributed by atoms with Crippen LogP contribution in [0.3, 0.4) is 0 Å². The number of aromatic nitrogens is 1. The quantitative estimate of drug-likeness (QED) is 0.466. The lowest BCUT2D eigenvalue weighted by molar-refractivity contribution is 0.0953. The fourth-order valence-corrected chi connectivity index (χ4v) is 2.10. The topological polar surface area (TPSA) is 71.2 Å². The summed E-state index contributed by atoms with van der Waals surface area (Å²) in [6, 6.07) is 3.36. The molecule has 2 heterocycles. The molecule has 2 rings (SSSR count). The Balaban J connectivity index is 2.22. The first-order chi connectivity index (χ1) is 8.60. The summed E-state index contributed by atoms with van der Waals surface area (Å²) in [4.78, 5) is 17.9. The van der Waals surface area contributed by atoms with Gasteiger partial charge in [0.05, 0.1) is 0 Å².